The molecule has 1 aromatic rings. The van der Waals surface area contributed by atoms with Crippen LogP contribution in [-0.4, -0.2) is 19.0 Å². The lowest BCUT2D eigenvalue weighted by molar-refractivity contribution is -0.0220. The number of piperidine rings is 1. The van der Waals surface area contributed by atoms with E-state index in [0.29, 0.717) is 11.3 Å². The molecule has 1 aromatic carbocycles. The van der Waals surface area contributed by atoms with Gasteiger partial charge in [-0.2, -0.15) is 5.26 Å². The van der Waals surface area contributed by atoms with E-state index in [2.05, 4.69) is 0 Å². The van der Waals surface area contributed by atoms with Gasteiger partial charge in [0.25, 0.3) is 5.92 Å². The molecule has 0 bridgehead atoms. The summed E-state index contributed by atoms with van der Waals surface area (Å²) in [5, 5.41) is 8.58. The summed E-state index contributed by atoms with van der Waals surface area (Å²) in [5.41, 5.74) is 1.02. The molecule has 2 rings (SSSR count). The monoisotopic (exact) mass is 254 g/mol. The highest BCUT2D eigenvalue weighted by molar-refractivity contribution is 5.50. The Hall–Kier alpha value is -1.70. The molecule has 0 amide bonds. The molecule has 96 valence electrons. The fraction of sp³-hybridized carbons (Fsp3) is 0.462. The third-order valence-corrected chi connectivity index (χ3v) is 3.16. The van der Waals surface area contributed by atoms with Gasteiger partial charge in [-0.15, -0.1) is 0 Å². The maximum absolute atomic E-state index is 13.4. The number of rotatable bonds is 2. The second-order valence-electron chi connectivity index (χ2n) is 4.45. The standard InChI is InChI=1S/C13H13F3N2/c14-12-2-1-11(9-10(12)3-6-17)18-7-4-13(15,16)5-8-18/h1-2,9H,3-5,7-8H2. The molecule has 0 unspecified atom stereocenters. The minimum atomic E-state index is -2.59. The number of benzene rings is 1. The SMILES string of the molecule is N#CCc1cc(N2CCC(F)(F)CC2)ccc1F. The zero-order valence-corrected chi connectivity index (χ0v) is 9.80. The molecule has 5 heteroatoms. The number of anilines is 1. The summed E-state index contributed by atoms with van der Waals surface area (Å²) >= 11 is 0. The van der Waals surface area contributed by atoms with Crippen molar-refractivity contribution >= 4 is 5.69 Å². The van der Waals surface area contributed by atoms with Crippen LogP contribution >= 0.6 is 0 Å². The summed E-state index contributed by atoms with van der Waals surface area (Å²) in [6.45, 7) is 0.509. The second kappa shape index (κ2) is 4.89. The Balaban J connectivity index is 2.15. The van der Waals surface area contributed by atoms with Gasteiger partial charge in [0.15, 0.2) is 0 Å². The summed E-state index contributed by atoms with van der Waals surface area (Å²) in [7, 11) is 0. The number of hydrogen-bond acceptors (Lipinski definition) is 2. The van der Waals surface area contributed by atoms with E-state index < -0.39 is 11.7 Å². The fourth-order valence-electron chi connectivity index (χ4n) is 2.07. The van der Waals surface area contributed by atoms with Crippen LogP contribution in [0.3, 0.4) is 0 Å². The van der Waals surface area contributed by atoms with Gasteiger partial charge in [0, 0.05) is 37.2 Å². The van der Waals surface area contributed by atoms with Crippen LogP contribution in [0.2, 0.25) is 0 Å². The van der Waals surface area contributed by atoms with Gasteiger partial charge in [0.2, 0.25) is 0 Å². The highest BCUT2D eigenvalue weighted by atomic mass is 19.3. The minimum absolute atomic E-state index is 0.0102. The van der Waals surface area contributed by atoms with Gasteiger partial charge in [-0.1, -0.05) is 0 Å². The predicted molar refractivity (Wildman–Crippen MR) is 62.1 cm³/mol. The smallest absolute Gasteiger partial charge is 0.251 e. The van der Waals surface area contributed by atoms with Gasteiger partial charge in [0.05, 0.1) is 12.5 Å². The quantitative estimate of drug-likeness (QED) is 0.810. The summed E-state index contributed by atoms with van der Waals surface area (Å²) in [6.07, 6.45) is -0.375. The molecule has 1 fully saturated rings. The van der Waals surface area contributed by atoms with Gasteiger partial charge in [-0.25, -0.2) is 13.2 Å². The zero-order valence-electron chi connectivity index (χ0n) is 9.80. The van der Waals surface area contributed by atoms with Crippen molar-refractivity contribution in [1.29, 1.82) is 5.26 Å². The first-order chi connectivity index (χ1) is 8.52. The first kappa shape index (κ1) is 12.7. The van der Waals surface area contributed by atoms with Gasteiger partial charge < -0.3 is 4.90 Å². The highest BCUT2D eigenvalue weighted by Gasteiger charge is 2.34. The summed E-state index contributed by atoms with van der Waals surface area (Å²) < 4.78 is 39.4. The first-order valence-electron chi connectivity index (χ1n) is 5.80. The van der Waals surface area contributed by atoms with Crippen molar-refractivity contribution in [3.05, 3.63) is 29.6 Å². The molecule has 1 aliphatic heterocycles. The number of nitriles is 1. The Bertz CT molecular complexity index is 470. The number of halogens is 3. The van der Waals surface area contributed by atoms with Crippen LogP contribution in [0.1, 0.15) is 18.4 Å². The van der Waals surface area contributed by atoms with Gasteiger partial charge in [0.1, 0.15) is 5.82 Å². The van der Waals surface area contributed by atoms with Crippen molar-refractivity contribution in [2.45, 2.75) is 25.2 Å². The third kappa shape index (κ3) is 2.76. The van der Waals surface area contributed by atoms with Crippen molar-refractivity contribution in [2.24, 2.45) is 0 Å². The predicted octanol–water partition coefficient (Wildman–Crippen LogP) is 3.13. The van der Waals surface area contributed by atoms with E-state index in [1.54, 1.807) is 17.0 Å². The van der Waals surface area contributed by atoms with Crippen LogP contribution in [-0.2, 0) is 6.42 Å². The first-order valence-corrected chi connectivity index (χ1v) is 5.80. The summed E-state index contributed by atoms with van der Waals surface area (Å²) in [4.78, 5) is 1.80. The highest BCUT2D eigenvalue weighted by Crippen LogP contribution is 2.31. The van der Waals surface area contributed by atoms with E-state index in [4.69, 9.17) is 5.26 Å². The van der Waals surface area contributed by atoms with Crippen molar-refractivity contribution in [3.8, 4) is 6.07 Å². The van der Waals surface area contributed by atoms with E-state index in [-0.39, 0.29) is 32.4 Å². The molecule has 1 aliphatic rings. The van der Waals surface area contributed by atoms with Crippen LogP contribution in [0.15, 0.2) is 18.2 Å². The molecule has 0 spiro atoms. The van der Waals surface area contributed by atoms with Gasteiger partial charge in [-0.05, 0) is 18.2 Å². The minimum Gasteiger partial charge on any atom is -0.371 e. The molecule has 0 atom stereocenters. The molecule has 1 saturated heterocycles. The lowest BCUT2D eigenvalue weighted by Gasteiger charge is -2.33. The van der Waals surface area contributed by atoms with Crippen LogP contribution in [0.5, 0.6) is 0 Å². The largest absolute Gasteiger partial charge is 0.371 e. The molecule has 0 N–H and O–H groups in total. The van der Waals surface area contributed by atoms with Gasteiger partial charge >= 0.3 is 0 Å². The third-order valence-electron chi connectivity index (χ3n) is 3.16. The summed E-state index contributed by atoms with van der Waals surface area (Å²) in [5.74, 6) is -3.02. The molecular weight excluding hydrogens is 241 g/mol. The second-order valence-corrected chi connectivity index (χ2v) is 4.45. The van der Waals surface area contributed by atoms with E-state index in [1.807, 2.05) is 6.07 Å². The Morgan fingerprint density at radius 1 is 1.28 bits per heavy atom. The molecule has 2 nitrogen and oxygen atoms in total. The maximum Gasteiger partial charge on any atom is 0.251 e. The van der Waals surface area contributed by atoms with Crippen LogP contribution < -0.4 is 4.90 Å². The molecule has 0 saturated carbocycles. The molecule has 0 radical (unpaired) electrons. The number of nitrogens with zero attached hydrogens (tertiary/aromatic N) is 2. The average molecular weight is 254 g/mol. The fourth-order valence-corrected chi connectivity index (χ4v) is 2.07. The van der Waals surface area contributed by atoms with E-state index >= 15 is 0 Å². The molecule has 0 aromatic heterocycles. The normalized spacial score (nSPS) is 18.4. The molecule has 1 heterocycles. The Morgan fingerprint density at radius 2 is 1.94 bits per heavy atom. The van der Waals surface area contributed by atoms with E-state index in [9.17, 15) is 13.2 Å². The topological polar surface area (TPSA) is 27.0 Å². The number of hydrogen-bond donors (Lipinski definition) is 0. The lowest BCUT2D eigenvalue weighted by atomic mass is 10.0. The maximum atomic E-state index is 13.4. The van der Waals surface area contributed by atoms with Gasteiger partial charge in [-0.3, -0.25) is 0 Å². The lowest BCUT2D eigenvalue weighted by Crippen LogP contribution is -2.39. The Morgan fingerprint density at radius 3 is 2.56 bits per heavy atom. The van der Waals surface area contributed by atoms with Crippen molar-refractivity contribution < 1.29 is 13.2 Å². The molecule has 0 aliphatic carbocycles. The number of alkyl halides is 2. The van der Waals surface area contributed by atoms with Crippen molar-refractivity contribution in [2.75, 3.05) is 18.0 Å². The van der Waals surface area contributed by atoms with E-state index in [0.717, 1.165) is 0 Å². The Labute approximate surface area is 104 Å². The van der Waals surface area contributed by atoms with Crippen molar-refractivity contribution in [1.82, 2.24) is 0 Å². The van der Waals surface area contributed by atoms with Crippen molar-refractivity contribution in [3.63, 3.8) is 0 Å². The summed E-state index contributed by atoms with van der Waals surface area (Å²) in [6, 6.07) is 6.32. The van der Waals surface area contributed by atoms with E-state index in [1.165, 1.54) is 6.07 Å². The zero-order chi connectivity index (χ0) is 13.2. The molecular formula is C13H13F3N2. The van der Waals surface area contributed by atoms with Crippen LogP contribution in [0.4, 0.5) is 18.9 Å². The Kier molecular flexibility index (Phi) is 3.46. The van der Waals surface area contributed by atoms with Crippen LogP contribution in [0, 0.1) is 17.1 Å². The van der Waals surface area contributed by atoms with Crippen LogP contribution in [0.25, 0.3) is 0 Å². The average Bonchev–Trinajstić information content (AvgIpc) is 2.32. The molecule has 18 heavy (non-hydrogen) atoms.